The van der Waals surface area contributed by atoms with Crippen molar-refractivity contribution < 1.29 is 28.4 Å². The maximum Gasteiger partial charge on any atom is 0.190 e. The van der Waals surface area contributed by atoms with Crippen molar-refractivity contribution in [2.24, 2.45) is 0 Å². The maximum atomic E-state index is 6.62. The zero-order valence-corrected chi connectivity index (χ0v) is 16.5. The van der Waals surface area contributed by atoms with Crippen LogP contribution in [0, 0.1) is 0 Å². The van der Waals surface area contributed by atoms with Crippen molar-refractivity contribution in [2.75, 3.05) is 13.2 Å². The Morgan fingerprint density at radius 1 is 0.741 bits per heavy atom. The van der Waals surface area contributed by atoms with Crippen LogP contribution < -0.4 is 0 Å². The number of hydrogen-bond acceptors (Lipinski definition) is 6. The summed E-state index contributed by atoms with van der Waals surface area (Å²) in [5, 5.41) is 0. The molecule has 3 heterocycles. The molecule has 5 rings (SSSR count). The van der Waals surface area contributed by atoms with Crippen LogP contribution in [0.25, 0.3) is 0 Å². The minimum Gasteiger partial charge on any atom is -0.379 e. The molecule has 2 aliphatic carbocycles. The second kappa shape index (κ2) is 7.54. The predicted molar refractivity (Wildman–Crippen MR) is 97.1 cm³/mol. The summed E-state index contributed by atoms with van der Waals surface area (Å²) in [5.41, 5.74) is 0. The summed E-state index contributed by atoms with van der Waals surface area (Å²) < 4.78 is 38.3. The Morgan fingerprint density at radius 2 is 1.33 bits per heavy atom. The van der Waals surface area contributed by atoms with E-state index in [9.17, 15) is 0 Å². The minimum absolute atomic E-state index is 0.127. The van der Waals surface area contributed by atoms with E-state index in [4.69, 9.17) is 28.4 Å². The first-order valence-corrected chi connectivity index (χ1v) is 11.2. The second-order valence-corrected chi connectivity index (χ2v) is 8.93. The summed E-state index contributed by atoms with van der Waals surface area (Å²) in [6, 6.07) is 0. The third-order valence-corrected chi connectivity index (χ3v) is 6.84. The Morgan fingerprint density at radius 3 is 2.00 bits per heavy atom. The van der Waals surface area contributed by atoms with E-state index in [1.54, 1.807) is 0 Å². The van der Waals surface area contributed by atoms with Crippen molar-refractivity contribution >= 4 is 0 Å². The monoisotopic (exact) mass is 382 g/mol. The van der Waals surface area contributed by atoms with Crippen LogP contribution in [0.5, 0.6) is 0 Å². The first kappa shape index (κ1) is 18.8. The van der Waals surface area contributed by atoms with E-state index < -0.39 is 11.6 Å². The first-order chi connectivity index (χ1) is 13.2. The molecule has 5 aliphatic rings. The van der Waals surface area contributed by atoms with E-state index in [1.165, 1.54) is 12.8 Å². The van der Waals surface area contributed by atoms with Gasteiger partial charge in [0, 0.05) is 32.3 Å². The Balaban J connectivity index is 1.36. The van der Waals surface area contributed by atoms with Crippen LogP contribution in [-0.2, 0) is 28.4 Å². The van der Waals surface area contributed by atoms with Gasteiger partial charge >= 0.3 is 0 Å². The lowest BCUT2D eigenvalue weighted by Gasteiger charge is -2.37. The van der Waals surface area contributed by atoms with Crippen LogP contribution in [0.2, 0.25) is 0 Å². The van der Waals surface area contributed by atoms with Crippen molar-refractivity contribution in [1.29, 1.82) is 0 Å². The Bertz CT molecular complexity index is 513. The van der Waals surface area contributed by atoms with Gasteiger partial charge in [-0.1, -0.05) is 19.8 Å². The Kier molecular flexibility index (Phi) is 5.24. The quantitative estimate of drug-likeness (QED) is 0.692. The maximum absolute atomic E-state index is 6.62. The average molecular weight is 382 g/mol. The van der Waals surface area contributed by atoms with Crippen molar-refractivity contribution in [1.82, 2.24) is 0 Å². The molecule has 0 unspecified atom stereocenters. The highest BCUT2D eigenvalue weighted by molar-refractivity contribution is 5.03. The summed E-state index contributed by atoms with van der Waals surface area (Å²) in [5.74, 6) is -0.941. The molecule has 3 saturated heterocycles. The van der Waals surface area contributed by atoms with Gasteiger partial charge in [-0.05, 0) is 32.1 Å². The molecule has 2 spiro atoms. The van der Waals surface area contributed by atoms with Crippen molar-refractivity contribution in [3.8, 4) is 0 Å². The van der Waals surface area contributed by atoms with Gasteiger partial charge in [-0.2, -0.15) is 0 Å². The summed E-state index contributed by atoms with van der Waals surface area (Å²) in [4.78, 5) is 0. The van der Waals surface area contributed by atoms with Gasteiger partial charge in [-0.3, -0.25) is 0 Å². The molecule has 0 radical (unpaired) electrons. The zero-order chi connectivity index (χ0) is 18.3. The van der Waals surface area contributed by atoms with Gasteiger partial charge in [-0.15, -0.1) is 0 Å². The fourth-order valence-corrected chi connectivity index (χ4v) is 5.52. The third-order valence-electron chi connectivity index (χ3n) is 6.84. The van der Waals surface area contributed by atoms with Crippen LogP contribution in [0.1, 0.15) is 77.6 Å². The molecule has 0 amide bonds. The third kappa shape index (κ3) is 3.47. The van der Waals surface area contributed by atoms with Crippen LogP contribution in [0.15, 0.2) is 0 Å². The lowest BCUT2D eigenvalue weighted by atomic mass is 9.94. The fourth-order valence-electron chi connectivity index (χ4n) is 5.52. The van der Waals surface area contributed by atoms with E-state index in [2.05, 4.69) is 6.92 Å². The Labute approximate surface area is 162 Å². The van der Waals surface area contributed by atoms with Crippen molar-refractivity contribution in [3.63, 3.8) is 0 Å². The molecule has 27 heavy (non-hydrogen) atoms. The molecule has 0 aromatic carbocycles. The van der Waals surface area contributed by atoms with E-state index in [0.29, 0.717) is 6.61 Å². The molecule has 6 heteroatoms. The molecule has 6 nitrogen and oxygen atoms in total. The van der Waals surface area contributed by atoms with Gasteiger partial charge in [0.05, 0.1) is 6.61 Å². The van der Waals surface area contributed by atoms with Crippen LogP contribution in [0.3, 0.4) is 0 Å². The van der Waals surface area contributed by atoms with Crippen LogP contribution >= 0.6 is 0 Å². The molecule has 0 aromatic rings. The highest BCUT2D eigenvalue weighted by Crippen LogP contribution is 2.50. The van der Waals surface area contributed by atoms with Gasteiger partial charge in [0.25, 0.3) is 0 Å². The molecular formula is C21H34O6. The molecule has 0 aromatic heterocycles. The van der Waals surface area contributed by atoms with E-state index in [1.807, 2.05) is 0 Å². The van der Waals surface area contributed by atoms with Crippen LogP contribution in [-0.4, -0.2) is 55.5 Å². The molecular weight excluding hydrogens is 348 g/mol. The second-order valence-electron chi connectivity index (χ2n) is 8.93. The molecule has 5 atom stereocenters. The first-order valence-electron chi connectivity index (χ1n) is 11.2. The van der Waals surface area contributed by atoms with Gasteiger partial charge < -0.3 is 28.4 Å². The lowest BCUT2D eigenvalue weighted by Crippen LogP contribution is -2.56. The lowest BCUT2D eigenvalue weighted by molar-refractivity contribution is -0.256. The summed E-state index contributed by atoms with van der Waals surface area (Å²) in [6.45, 7) is 3.38. The zero-order valence-electron chi connectivity index (χ0n) is 16.5. The van der Waals surface area contributed by atoms with Crippen molar-refractivity contribution in [2.45, 2.75) is 120 Å². The topological polar surface area (TPSA) is 55.4 Å². The molecule has 5 fully saturated rings. The summed E-state index contributed by atoms with van der Waals surface area (Å²) >= 11 is 0. The normalized spacial score (nSPS) is 42.3. The van der Waals surface area contributed by atoms with E-state index in [0.717, 1.165) is 64.4 Å². The largest absolute Gasteiger partial charge is 0.379 e. The number of hydrogen-bond donors (Lipinski definition) is 0. The SMILES string of the molecule is CCCOC[C@@H]1O[C@@H]2OC3(CCCCC3)O[C@@H]2[C@H]2OC3(CCCCC3)O[C@@H]21. The van der Waals surface area contributed by atoms with Gasteiger partial charge in [0.1, 0.15) is 24.4 Å². The molecule has 3 aliphatic heterocycles. The number of fused-ring (bicyclic) bond motifs is 3. The van der Waals surface area contributed by atoms with Crippen molar-refractivity contribution in [3.05, 3.63) is 0 Å². The smallest absolute Gasteiger partial charge is 0.190 e. The van der Waals surface area contributed by atoms with Gasteiger partial charge in [0.2, 0.25) is 0 Å². The predicted octanol–water partition coefficient (Wildman–Crippen LogP) is 3.66. The number of ether oxygens (including phenoxy) is 6. The summed E-state index contributed by atoms with van der Waals surface area (Å²) in [6.07, 6.45) is 11.0. The number of rotatable bonds is 4. The molecule has 0 bridgehead atoms. The van der Waals surface area contributed by atoms with Crippen LogP contribution in [0.4, 0.5) is 0 Å². The van der Waals surface area contributed by atoms with E-state index in [-0.39, 0.29) is 30.7 Å². The molecule has 154 valence electrons. The average Bonchev–Trinajstić information content (AvgIpc) is 3.21. The fraction of sp³-hybridized carbons (Fsp3) is 1.00. The molecule has 2 saturated carbocycles. The highest BCUT2D eigenvalue weighted by Gasteiger charge is 2.63. The Hall–Kier alpha value is -0.240. The minimum atomic E-state index is -0.483. The van der Waals surface area contributed by atoms with Gasteiger partial charge in [0.15, 0.2) is 17.9 Å². The summed E-state index contributed by atoms with van der Waals surface area (Å²) in [7, 11) is 0. The van der Waals surface area contributed by atoms with Gasteiger partial charge in [-0.25, -0.2) is 0 Å². The van der Waals surface area contributed by atoms with E-state index >= 15 is 0 Å². The highest BCUT2D eigenvalue weighted by atomic mass is 16.9. The standard InChI is InChI=1S/C21H34O6/c1-2-13-22-14-15-16-17(25-20(24-16)9-5-3-6-10-20)18-19(23-15)27-21(26-18)11-7-4-8-12-21/h15-19H,2-14H2,1H3/t15-,16+,17-,18+,19+/m0/s1. The molecule has 0 N–H and O–H groups in total.